The number of likely N-dealkylation sites (tertiary alicyclic amines) is 1. The van der Waals surface area contributed by atoms with Crippen LogP contribution in [0.3, 0.4) is 0 Å². The van der Waals surface area contributed by atoms with Crippen LogP contribution >= 0.6 is 0 Å². The summed E-state index contributed by atoms with van der Waals surface area (Å²) < 4.78 is 16.9. The van der Waals surface area contributed by atoms with Gasteiger partial charge in [-0.25, -0.2) is 9.59 Å². The Morgan fingerprint density at radius 3 is 1.83 bits per heavy atom. The molecule has 0 saturated carbocycles. The van der Waals surface area contributed by atoms with Crippen LogP contribution in [0.4, 0.5) is 4.79 Å². The lowest BCUT2D eigenvalue weighted by molar-refractivity contribution is -0.172. The van der Waals surface area contributed by atoms with Gasteiger partial charge in [-0.1, -0.05) is 121 Å². The molecule has 1 heterocycles. The van der Waals surface area contributed by atoms with Crippen molar-refractivity contribution in [3.63, 3.8) is 0 Å². The standard InChI is InChI=1S/C44H42N2O6/c1-50-34-23-21-33(22-24-34)29-46-40(47)43(27-31-13-5-3-6-14-31,25-26-44(46,41(48)51-2)28-32-15-7-4-8-16-32)45-42(49)52-30-39-37-19-11-9-17-35(37)36-18-10-12-20-38(36)39/h3-24,39H,25-30H2,1-2H3,(H,45,49)/t43-,44-/m0/s1. The monoisotopic (exact) mass is 694 g/mol. The second-order valence-corrected chi connectivity index (χ2v) is 13.6. The van der Waals surface area contributed by atoms with E-state index >= 15 is 4.79 Å². The predicted octanol–water partition coefficient (Wildman–Crippen LogP) is 7.49. The Labute approximate surface area is 304 Å². The molecular weight excluding hydrogens is 652 g/mol. The second-order valence-electron chi connectivity index (χ2n) is 13.6. The van der Waals surface area contributed by atoms with Crippen LogP contribution in [0.2, 0.25) is 0 Å². The van der Waals surface area contributed by atoms with Crippen LogP contribution in [-0.4, -0.2) is 54.8 Å². The fraction of sp³-hybridized carbons (Fsp3) is 0.250. The van der Waals surface area contributed by atoms with E-state index in [9.17, 15) is 9.59 Å². The molecule has 1 saturated heterocycles. The zero-order valence-electron chi connectivity index (χ0n) is 29.4. The van der Waals surface area contributed by atoms with E-state index < -0.39 is 23.1 Å². The van der Waals surface area contributed by atoms with Gasteiger partial charge in [-0.3, -0.25) is 4.79 Å². The minimum atomic E-state index is -1.41. The number of hydrogen-bond acceptors (Lipinski definition) is 6. The first-order chi connectivity index (χ1) is 25.4. The van der Waals surface area contributed by atoms with Crippen LogP contribution in [0.25, 0.3) is 11.1 Å². The summed E-state index contributed by atoms with van der Waals surface area (Å²) in [6, 6.07) is 43.0. The van der Waals surface area contributed by atoms with Crippen molar-refractivity contribution in [1.82, 2.24) is 10.2 Å². The number of carbonyl (C=O) groups excluding carboxylic acids is 3. The highest BCUT2D eigenvalue weighted by Crippen LogP contribution is 2.45. The van der Waals surface area contributed by atoms with Gasteiger partial charge in [-0.2, -0.15) is 0 Å². The first kappa shape index (κ1) is 34.6. The van der Waals surface area contributed by atoms with Crippen molar-refractivity contribution in [3.05, 3.63) is 161 Å². The lowest BCUT2D eigenvalue weighted by Gasteiger charge is -2.51. The molecule has 5 aromatic rings. The molecule has 52 heavy (non-hydrogen) atoms. The quantitative estimate of drug-likeness (QED) is 0.144. The van der Waals surface area contributed by atoms with E-state index in [0.717, 1.165) is 38.9 Å². The van der Waals surface area contributed by atoms with Crippen molar-refractivity contribution >= 4 is 18.0 Å². The number of hydrogen-bond donors (Lipinski definition) is 1. The zero-order valence-corrected chi connectivity index (χ0v) is 29.4. The average molecular weight is 695 g/mol. The van der Waals surface area contributed by atoms with Crippen LogP contribution < -0.4 is 10.1 Å². The molecule has 0 spiro atoms. The Balaban J connectivity index is 1.24. The lowest BCUT2D eigenvalue weighted by atomic mass is 9.72. The largest absolute Gasteiger partial charge is 0.497 e. The van der Waals surface area contributed by atoms with Crippen LogP contribution in [0.1, 0.15) is 46.6 Å². The highest BCUT2D eigenvalue weighted by atomic mass is 16.5. The molecule has 2 amide bonds. The number of carbonyl (C=O) groups is 3. The molecule has 0 aromatic heterocycles. The molecule has 8 heteroatoms. The Hall–Kier alpha value is -5.89. The Bertz CT molecular complexity index is 2010. The van der Waals surface area contributed by atoms with E-state index in [0.29, 0.717) is 5.75 Å². The van der Waals surface area contributed by atoms with Crippen LogP contribution in [0.15, 0.2) is 133 Å². The molecule has 1 fully saturated rings. The summed E-state index contributed by atoms with van der Waals surface area (Å²) in [5, 5.41) is 3.07. The smallest absolute Gasteiger partial charge is 0.408 e. The van der Waals surface area contributed by atoms with Gasteiger partial charge in [-0.15, -0.1) is 0 Å². The molecule has 0 unspecified atom stereocenters. The molecule has 7 rings (SSSR count). The molecule has 0 radical (unpaired) electrons. The number of benzene rings is 5. The summed E-state index contributed by atoms with van der Waals surface area (Å²) >= 11 is 0. The topological polar surface area (TPSA) is 94.2 Å². The number of fused-ring (bicyclic) bond motifs is 3. The van der Waals surface area contributed by atoms with Gasteiger partial charge in [0.2, 0.25) is 5.91 Å². The number of alkyl carbamates (subject to hydrolysis) is 1. The van der Waals surface area contributed by atoms with Crippen molar-refractivity contribution in [1.29, 1.82) is 0 Å². The summed E-state index contributed by atoms with van der Waals surface area (Å²) in [4.78, 5) is 45.0. The third kappa shape index (κ3) is 6.64. The summed E-state index contributed by atoms with van der Waals surface area (Å²) in [6.45, 7) is 0.207. The fourth-order valence-electron chi connectivity index (χ4n) is 7.94. The van der Waals surface area contributed by atoms with Gasteiger partial charge in [0.05, 0.1) is 14.2 Å². The van der Waals surface area contributed by atoms with Crippen molar-refractivity contribution in [2.45, 2.75) is 49.2 Å². The van der Waals surface area contributed by atoms with Gasteiger partial charge in [-0.05, 0) is 63.9 Å². The SMILES string of the molecule is COC(=O)[C@@]1(Cc2ccccc2)CC[C@@](Cc2ccccc2)(NC(=O)OCC2c3ccccc3-c3ccccc32)C(=O)N1Cc1ccc(OC)cc1. The summed E-state index contributed by atoms with van der Waals surface area (Å²) in [5.74, 6) is -0.358. The summed E-state index contributed by atoms with van der Waals surface area (Å²) in [7, 11) is 2.95. The molecule has 264 valence electrons. The number of rotatable bonds is 11. The Morgan fingerprint density at radius 1 is 0.692 bits per heavy atom. The lowest BCUT2D eigenvalue weighted by Crippen LogP contribution is -2.72. The summed E-state index contributed by atoms with van der Waals surface area (Å²) in [5.41, 5.74) is 4.25. The first-order valence-corrected chi connectivity index (χ1v) is 17.6. The number of nitrogens with one attached hydrogen (secondary N) is 1. The Kier molecular flexibility index (Phi) is 9.81. The van der Waals surface area contributed by atoms with Gasteiger partial charge in [0.1, 0.15) is 23.4 Å². The van der Waals surface area contributed by atoms with Crippen molar-refractivity contribution in [2.24, 2.45) is 0 Å². The number of piperidine rings is 1. The minimum absolute atomic E-state index is 0.102. The number of esters is 1. The minimum Gasteiger partial charge on any atom is -0.497 e. The fourth-order valence-corrected chi connectivity index (χ4v) is 7.94. The van der Waals surface area contributed by atoms with E-state index in [1.807, 2.05) is 109 Å². The maximum Gasteiger partial charge on any atom is 0.408 e. The molecule has 5 aromatic carbocycles. The highest BCUT2D eigenvalue weighted by molar-refractivity contribution is 5.97. The molecule has 1 aliphatic carbocycles. The number of methoxy groups -OCH3 is 2. The molecule has 8 nitrogen and oxygen atoms in total. The van der Waals surface area contributed by atoms with E-state index in [2.05, 4.69) is 29.6 Å². The van der Waals surface area contributed by atoms with E-state index in [4.69, 9.17) is 14.2 Å². The first-order valence-electron chi connectivity index (χ1n) is 17.6. The van der Waals surface area contributed by atoms with Crippen molar-refractivity contribution < 1.29 is 28.6 Å². The summed E-state index contributed by atoms with van der Waals surface area (Å²) in [6.07, 6.45) is 0.191. The molecule has 1 aliphatic heterocycles. The normalized spacial score (nSPS) is 19.3. The maximum atomic E-state index is 15.4. The third-order valence-corrected chi connectivity index (χ3v) is 10.6. The predicted molar refractivity (Wildman–Crippen MR) is 199 cm³/mol. The third-order valence-electron chi connectivity index (χ3n) is 10.6. The van der Waals surface area contributed by atoms with Gasteiger partial charge in [0, 0.05) is 25.3 Å². The van der Waals surface area contributed by atoms with Gasteiger partial charge in [0.15, 0.2) is 0 Å². The number of amides is 2. The second kappa shape index (κ2) is 14.8. The number of nitrogens with zero attached hydrogens (tertiary/aromatic N) is 1. The molecular formula is C44H42N2O6. The average Bonchev–Trinajstić information content (AvgIpc) is 3.51. The zero-order chi connectivity index (χ0) is 36.1. The van der Waals surface area contributed by atoms with Gasteiger partial charge >= 0.3 is 12.1 Å². The van der Waals surface area contributed by atoms with Crippen molar-refractivity contribution in [2.75, 3.05) is 20.8 Å². The molecule has 1 N–H and O–H groups in total. The van der Waals surface area contributed by atoms with Crippen molar-refractivity contribution in [3.8, 4) is 16.9 Å². The van der Waals surface area contributed by atoms with Crippen LogP contribution in [0, 0.1) is 0 Å². The van der Waals surface area contributed by atoms with Gasteiger partial charge in [0.25, 0.3) is 0 Å². The molecule has 2 aliphatic rings. The van der Waals surface area contributed by atoms with E-state index in [-0.39, 0.29) is 50.7 Å². The molecule has 0 bridgehead atoms. The van der Waals surface area contributed by atoms with Crippen LogP contribution in [-0.2, 0) is 38.4 Å². The van der Waals surface area contributed by atoms with E-state index in [1.54, 1.807) is 12.0 Å². The molecule has 2 atom stereocenters. The van der Waals surface area contributed by atoms with E-state index in [1.165, 1.54) is 7.11 Å². The number of ether oxygens (including phenoxy) is 3. The Morgan fingerprint density at radius 2 is 1.25 bits per heavy atom. The van der Waals surface area contributed by atoms with Crippen LogP contribution in [0.5, 0.6) is 5.75 Å². The van der Waals surface area contributed by atoms with Gasteiger partial charge < -0.3 is 24.4 Å². The highest BCUT2D eigenvalue weighted by Gasteiger charge is 2.58. The maximum absolute atomic E-state index is 15.4.